The summed E-state index contributed by atoms with van der Waals surface area (Å²) < 4.78 is 1.56. The highest BCUT2D eigenvalue weighted by atomic mass is 32.2. The van der Waals surface area contributed by atoms with Crippen LogP contribution in [0.3, 0.4) is 0 Å². The highest BCUT2D eigenvalue weighted by Gasteiger charge is 2.16. The Morgan fingerprint density at radius 2 is 1.69 bits per heavy atom. The van der Waals surface area contributed by atoms with Gasteiger partial charge in [0, 0.05) is 11.3 Å². The zero-order valence-electron chi connectivity index (χ0n) is 16.4. The molecule has 0 bridgehead atoms. The Hall–Kier alpha value is -2.10. The molecule has 2 N–H and O–H groups in total. The molecule has 0 saturated heterocycles. The molecule has 2 aromatic carbocycles. The first-order valence-electron chi connectivity index (χ1n) is 8.98. The molecule has 3 aromatic rings. The molecular weight excluding hydrogens is 424 g/mol. The van der Waals surface area contributed by atoms with E-state index < -0.39 is 11.6 Å². The minimum absolute atomic E-state index is 0.111. The van der Waals surface area contributed by atoms with Crippen molar-refractivity contribution >= 4 is 57.6 Å². The molecule has 0 fully saturated rings. The van der Waals surface area contributed by atoms with Crippen LogP contribution in [0.25, 0.3) is 10.8 Å². The van der Waals surface area contributed by atoms with Crippen molar-refractivity contribution in [2.45, 2.75) is 40.7 Å². The fourth-order valence-electron chi connectivity index (χ4n) is 2.53. The van der Waals surface area contributed by atoms with Crippen molar-refractivity contribution in [2.24, 2.45) is 0 Å². The second-order valence-electron chi connectivity index (χ2n) is 7.30. The molecule has 3 amide bonds. The van der Waals surface area contributed by atoms with E-state index in [1.54, 1.807) is 11.8 Å². The van der Waals surface area contributed by atoms with Crippen LogP contribution in [0.2, 0.25) is 0 Å². The van der Waals surface area contributed by atoms with Gasteiger partial charge in [-0.2, -0.15) is 0 Å². The quantitative estimate of drug-likeness (QED) is 0.534. The van der Waals surface area contributed by atoms with E-state index >= 15 is 0 Å². The van der Waals surface area contributed by atoms with E-state index in [1.807, 2.05) is 32.9 Å². The van der Waals surface area contributed by atoms with Gasteiger partial charge in [-0.25, -0.2) is 4.79 Å². The number of urea groups is 1. The standard InChI is InChI=1S/C20H22N4O2S3/c1-20(2,3)22-17(26)21-16(25)12-28-19-24-23-18(29-19)27-11-14-9-6-8-13-7-4-5-10-15(13)14/h4-10H,11-12H2,1-3H3,(H2,21,22,25,26). The lowest BCUT2D eigenvalue weighted by molar-refractivity contribution is -0.117. The summed E-state index contributed by atoms with van der Waals surface area (Å²) in [7, 11) is 0. The molecule has 0 radical (unpaired) electrons. The predicted molar refractivity (Wildman–Crippen MR) is 121 cm³/mol. The average Bonchev–Trinajstić information content (AvgIpc) is 3.11. The molecular formula is C20H22N4O2S3. The molecule has 0 spiro atoms. The van der Waals surface area contributed by atoms with Crippen molar-refractivity contribution in [3.05, 3.63) is 48.0 Å². The van der Waals surface area contributed by atoms with Gasteiger partial charge in [0.15, 0.2) is 8.68 Å². The summed E-state index contributed by atoms with van der Waals surface area (Å²) in [4.78, 5) is 23.6. The average molecular weight is 447 g/mol. The Balaban J connectivity index is 1.49. The maximum absolute atomic E-state index is 11.9. The first-order valence-corrected chi connectivity index (χ1v) is 11.8. The Bertz CT molecular complexity index is 1010. The van der Waals surface area contributed by atoms with Crippen LogP contribution in [0.5, 0.6) is 0 Å². The first-order chi connectivity index (χ1) is 13.8. The smallest absolute Gasteiger partial charge is 0.321 e. The summed E-state index contributed by atoms with van der Waals surface area (Å²) in [5, 5.41) is 15.8. The maximum Gasteiger partial charge on any atom is 0.321 e. The molecule has 1 aromatic heterocycles. The van der Waals surface area contributed by atoms with E-state index in [4.69, 9.17) is 0 Å². The summed E-state index contributed by atoms with van der Waals surface area (Å²) >= 11 is 4.35. The molecule has 0 saturated carbocycles. The number of carbonyl (C=O) groups is 2. The van der Waals surface area contributed by atoms with Crippen molar-refractivity contribution in [1.82, 2.24) is 20.8 Å². The van der Waals surface area contributed by atoms with Gasteiger partial charge in [0.1, 0.15) is 0 Å². The van der Waals surface area contributed by atoms with Crippen molar-refractivity contribution in [3.63, 3.8) is 0 Å². The number of aromatic nitrogens is 2. The number of amides is 3. The number of nitrogens with zero attached hydrogens (tertiary/aromatic N) is 2. The molecule has 0 aliphatic carbocycles. The van der Waals surface area contributed by atoms with E-state index in [0.717, 1.165) is 10.1 Å². The third-order valence-corrected chi connectivity index (χ3v) is 6.93. The van der Waals surface area contributed by atoms with E-state index in [9.17, 15) is 9.59 Å². The van der Waals surface area contributed by atoms with Crippen LogP contribution in [0.1, 0.15) is 26.3 Å². The number of carbonyl (C=O) groups excluding carboxylic acids is 2. The minimum Gasteiger partial charge on any atom is -0.333 e. The second-order valence-corrected chi connectivity index (χ2v) is 10.7. The van der Waals surface area contributed by atoms with Gasteiger partial charge < -0.3 is 5.32 Å². The van der Waals surface area contributed by atoms with Crippen LogP contribution < -0.4 is 10.6 Å². The summed E-state index contributed by atoms with van der Waals surface area (Å²) in [6.07, 6.45) is 0. The molecule has 0 atom stereocenters. The Labute approximate surface area is 182 Å². The van der Waals surface area contributed by atoms with E-state index in [0.29, 0.717) is 4.34 Å². The maximum atomic E-state index is 11.9. The highest BCUT2D eigenvalue weighted by Crippen LogP contribution is 2.32. The van der Waals surface area contributed by atoms with Crippen LogP contribution in [0.15, 0.2) is 51.1 Å². The number of rotatable bonds is 6. The number of benzene rings is 2. The van der Waals surface area contributed by atoms with E-state index in [1.165, 1.54) is 39.4 Å². The lowest BCUT2D eigenvalue weighted by Gasteiger charge is -2.20. The summed E-state index contributed by atoms with van der Waals surface area (Å²) in [6, 6.07) is 14.1. The number of hydrogen-bond acceptors (Lipinski definition) is 7. The van der Waals surface area contributed by atoms with Gasteiger partial charge in [0.25, 0.3) is 0 Å². The Morgan fingerprint density at radius 1 is 1.00 bits per heavy atom. The van der Waals surface area contributed by atoms with Gasteiger partial charge in [-0.1, -0.05) is 77.3 Å². The first kappa shape index (κ1) is 21.6. The van der Waals surface area contributed by atoms with Crippen LogP contribution in [0.4, 0.5) is 4.79 Å². The normalized spacial score (nSPS) is 11.4. The van der Waals surface area contributed by atoms with E-state index in [-0.39, 0.29) is 11.7 Å². The number of imide groups is 1. The molecule has 0 aliphatic heterocycles. The molecule has 3 rings (SSSR count). The monoisotopic (exact) mass is 446 g/mol. The third-order valence-electron chi connectivity index (χ3n) is 3.69. The Kier molecular flexibility index (Phi) is 7.15. The molecule has 0 aliphatic rings. The third kappa shape index (κ3) is 6.73. The Morgan fingerprint density at radius 3 is 2.45 bits per heavy atom. The zero-order valence-corrected chi connectivity index (χ0v) is 18.8. The van der Waals surface area contributed by atoms with Gasteiger partial charge in [-0.3, -0.25) is 10.1 Å². The lowest BCUT2D eigenvalue weighted by atomic mass is 10.1. The van der Waals surface area contributed by atoms with Crippen LogP contribution in [-0.2, 0) is 10.5 Å². The van der Waals surface area contributed by atoms with Gasteiger partial charge in [-0.15, -0.1) is 10.2 Å². The predicted octanol–water partition coefficient (Wildman–Crippen LogP) is 4.70. The summed E-state index contributed by atoms with van der Waals surface area (Å²) in [5.74, 6) is 0.547. The fourth-order valence-corrected chi connectivity index (χ4v) is 5.36. The number of hydrogen-bond donors (Lipinski definition) is 2. The van der Waals surface area contributed by atoms with Crippen LogP contribution >= 0.6 is 34.9 Å². The van der Waals surface area contributed by atoms with Crippen molar-refractivity contribution in [2.75, 3.05) is 5.75 Å². The van der Waals surface area contributed by atoms with Crippen molar-refractivity contribution in [3.8, 4) is 0 Å². The number of nitrogens with one attached hydrogen (secondary N) is 2. The number of fused-ring (bicyclic) bond motifs is 1. The van der Waals surface area contributed by atoms with Gasteiger partial charge in [0.2, 0.25) is 5.91 Å². The highest BCUT2D eigenvalue weighted by molar-refractivity contribution is 8.03. The molecule has 0 unspecified atom stereocenters. The molecule has 6 nitrogen and oxygen atoms in total. The van der Waals surface area contributed by atoms with E-state index in [2.05, 4.69) is 51.2 Å². The topological polar surface area (TPSA) is 84.0 Å². The molecule has 29 heavy (non-hydrogen) atoms. The van der Waals surface area contributed by atoms with Gasteiger partial charge in [0.05, 0.1) is 5.75 Å². The fraction of sp³-hybridized carbons (Fsp3) is 0.300. The molecule has 9 heteroatoms. The minimum atomic E-state index is -0.494. The van der Waals surface area contributed by atoms with Crippen molar-refractivity contribution in [1.29, 1.82) is 0 Å². The summed E-state index contributed by atoms with van der Waals surface area (Å²) in [5.41, 5.74) is 0.856. The van der Waals surface area contributed by atoms with Gasteiger partial charge in [-0.05, 0) is 37.1 Å². The van der Waals surface area contributed by atoms with Gasteiger partial charge >= 0.3 is 6.03 Å². The number of thioether (sulfide) groups is 2. The van der Waals surface area contributed by atoms with Crippen LogP contribution in [-0.4, -0.2) is 33.4 Å². The molecule has 1 heterocycles. The largest absolute Gasteiger partial charge is 0.333 e. The lowest BCUT2D eigenvalue weighted by Crippen LogP contribution is -2.48. The van der Waals surface area contributed by atoms with Crippen LogP contribution in [0, 0.1) is 0 Å². The molecule has 152 valence electrons. The van der Waals surface area contributed by atoms with Crippen molar-refractivity contribution < 1.29 is 9.59 Å². The SMILES string of the molecule is CC(C)(C)NC(=O)NC(=O)CSc1nnc(SCc2cccc3ccccc23)s1. The summed E-state index contributed by atoms with van der Waals surface area (Å²) in [6.45, 7) is 5.56. The zero-order chi connectivity index (χ0) is 20.9. The second kappa shape index (κ2) is 9.60.